The zero-order valence-electron chi connectivity index (χ0n) is 14.0. The fourth-order valence-electron chi connectivity index (χ4n) is 2.62. The first-order valence-corrected chi connectivity index (χ1v) is 8.27. The third-order valence-corrected chi connectivity index (χ3v) is 3.98. The van der Waals surface area contributed by atoms with Gasteiger partial charge in [-0.25, -0.2) is 0 Å². The highest BCUT2D eigenvalue weighted by atomic mass is 16.5. The molecule has 0 atom stereocenters. The van der Waals surface area contributed by atoms with Gasteiger partial charge in [0.15, 0.2) is 0 Å². The highest BCUT2D eigenvalue weighted by Crippen LogP contribution is 2.19. The van der Waals surface area contributed by atoms with Crippen LogP contribution in [0.3, 0.4) is 0 Å². The average molecular weight is 304 g/mol. The second kappa shape index (κ2) is 8.18. The molecule has 0 unspecified atom stereocenters. The van der Waals surface area contributed by atoms with Crippen LogP contribution >= 0.6 is 0 Å². The number of hydrogen-bond acceptors (Lipinski definition) is 3. The first kappa shape index (κ1) is 16.8. The molecule has 0 spiro atoms. The van der Waals surface area contributed by atoms with E-state index in [-0.39, 0.29) is 5.91 Å². The van der Waals surface area contributed by atoms with Gasteiger partial charge in [-0.2, -0.15) is 0 Å². The third-order valence-electron chi connectivity index (χ3n) is 3.98. The Bertz CT molecular complexity index is 494. The van der Waals surface area contributed by atoms with Crippen LogP contribution in [0.15, 0.2) is 18.2 Å². The minimum absolute atomic E-state index is 0.265. The third kappa shape index (κ3) is 5.02. The van der Waals surface area contributed by atoms with E-state index in [4.69, 9.17) is 4.74 Å². The molecule has 4 nitrogen and oxygen atoms in total. The summed E-state index contributed by atoms with van der Waals surface area (Å²) in [6.45, 7) is 10.6. The number of benzene rings is 1. The summed E-state index contributed by atoms with van der Waals surface area (Å²) in [5, 5.41) is 3.27. The summed E-state index contributed by atoms with van der Waals surface area (Å²) in [6, 6.07) is 6.18. The van der Waals surface area contributed by atoms with Crippen LogP contribution < -0.4 is 10.1 Å². The van der Waals surface area contributed by atoms with Crippen molar-refractivity contribution in [1.29, 1.82) is 0 Å². The summed E-state index contributed by atoms with van der Waals surface area (Å²) >= 11 is 0. The van der Waals surface area contributed by atoms with E-state index in [1.165, 1.54) is 11.1 Å². The molecule has 1 aliphatic rings. The number of piperazine rings is 1. The Hall–Kier alpha value is -1.55. The van der Waals surface area contributed by atoms with Crippen molar-refractivity contribution in [1.82, 2.24) is 10.2 Å². The largest absolute Gasteiger partial charge is 0.493 e. The van der Waals surface area contributed by atoms with E-state index in [2.05, 4.69) is 38.2 Å². The molecular weight excluding hydrogens is 276 g/mol. The predicted octanol–water partition coefficient (Wildman–Crippen LogP) is 2.39. The van der Waals surface area contributed by atoms with E-state index in [0.717, 1.165) is 45.0 Å². The molecular formula is C18H28N2O2. The van der Waals surface area contributed by atoms with E-state index in [9.17, 15) is 4.79 Å². The molecule has 0 saturated carbocycles. The highest BCUT2D eigenvalue weighted by molar-refractivity contribution is 5.76. The van der Waals surface area contributed by atoms with Gasteiger partial charge in [-0.3, -0.25) is 4.79 Å². The molecule has 2 rings (SSSR count). The lowest BCUT2D eigenvalue weighted by molar-refractivity contribution is -0.131. The maximum Gasteiger partial charge on any atom is 0.222 e. The van der Waals surface area contributed by atoms with Crippen LogP contribution in [0, 0.1) is 12.8 Å². The van der Waals surface area contributed by atoms with E-state index >= 15 is 0 Å². The number of rotatable bonds is 6. The maximum atomic E-state index is 12.2. The number of hydrogen-bond donors (Lipinski definition) is 1. The van der Waals surface area contributed by atoms with Gasteiger partial charge in [-0.15, -0.1) is 0 Å². The standard InChI is InChI=1S/C18H28N2O2/c1-14(2)13-22-17-6-4-16(15(3)12-17)5-7-18(21)20-10-8-19-9-11-20/h4,6,12,14,19H,5,7-11,13H2,1-3H3. The van der Waals surface area contributed by atoms with Gasteiger partial charge in [0.05, 0.1) is 6.61 Å². The number of carbonyl (C=O) groups excluding carboxylic acids is 1. The zero-order valence-corrected chi connectivity index (χ0v) is 14.0. The molecule has 1 N–H and O–H groups in total. The quantitative estimate of drug-likeness (QED) is 0.877. The Kier molecular flexibility index (Phi) is 6.25. The lowest BCUT2D eigenvalue weighted by Crippen LogP contribution is -2.46. The molecule has 0 bridgehead atoms. The maximum absolute atomic E-state index is 12.2. The lowest BCUT2D eigenvalue weighted by Gasteiger charge is -2.27. The molecule has 0 aliphatic carbocycles. The van der Waals surface area contributed by atoms with Crippen molar-refractivity contribution in [2.75, 3.05) is 32.8 Å². The fraction of sp³-hybridized carbons (Fsp3) is 0.611. The summed E-state index contributed by atoms with van der Waals surface area (Å²) in [6.07, 6.45) is 1.39. The summed E-state index contributed by atoms with van der Waals surface area (Å²) in [5.41, 5.74) is 2.44. The Morgan fingerprint density at radius 2 is 2.05 bits per heavy atom. The molecule has 1 aromatic rings. The summed E-state index contributed by atoms with van der Waals surface area (Å²) in [7, 11) is 0. The monoisotopic (exact) mass is 304 g/mol. The fourth-order valence-corrected chi connectivity index (χ4v) is 2.62. The number of amides is 1. The van der Waals surface area contributed by atoms with Crippen LogP contribution in [-0.4, -0.2) is 43.6 Å². The van der Waals surface area contributed by atoms with Gasteiger partial charge in [0.25, 0.3) is 0 Å². The molecule has 0 radical (unpaired) electrons. The van der Waals surface area contributed by atoms with E-state index < -0.39 is 0 Å². The minimum atomic E-state index is 0.265. The second-order valence-electron chi connectivity index (χ2n) is 6.42. The number of ether oxygens (including phenoxy) is 1. The van der Waals surface area contributed by atoms with E-state index in [1.54, 1.807) is 0 Å². The topological polar surface area (TPSA) is 41.6 Å². The van der Waals surface area contributed by atoms with Gasteiger partial charge in [0.1, 0.15) is 5.75 Å². The van der Waals surface area contributed by atoms with E-state index in [0.29, 0.717) is 12.3 Å². The first-order chi connectivity index (χ1) is 10.6. The van der Waals surface area contributed by atoms with Crippen LogP contribution in [0.25, 0.3) is 0 Å². The van der Waals surface area contributed by atoms with Crippen molar-refractivity contribution in [2.45, 2.75) is 33.6 Å². The molecule has 1 amide bonds. The van der Waals surface area contributed by atoms with Crippen LogP contribution in [0.5, 0.6) is 5.75 Å². The molecule has 1 aliphatic heterocycles. The van der Waals surface area contributed by atoms with Crippen molar-refractivity contribution in [3.63, 3.8) is 0 Å². The van der Waals surface area contributed by atoms with Gasteiger partial charge < -0.3 is 15.0 Å². The lowest BCUT2D eigenvalue weighted by atomic mass is 10.0. The summed E-state index contributed by atoms with van der Waals surface area (Å²) in [5.74, 6) is 1.71. The van der Waals surface area contributed by atoms with Gasteiger partial charge in [-0.1, -0.05) is 19.9 Å². The van der Waals surface area contributed by atoms with Crippen LogP contribution in [0.4, 0.5) is 0 Å². The molecule has 122 valence electrons. The van der Waals surface area contributed by atoms with E-state index in [1.807, 2.05) is 11.0 Å². The molecule has 1 saturated heterocycles. The van der Waals surface area contributed by atoms with Crippen LogP contribution in [0.1, 0.15) is 31.4 Å². The van der Waals surface area contributed by atoms with Crippen molar-refractivity contribution < 1.29 is 9.53 Å². The van der Waals surface area contributed by atoms with Crippen LogP contribution in [0.2, 0.25) is 0 Å². The zero-order chi connectivity index (χ0) is 15.9. The Balaban J connectivity index is 1.85. The molecule has 22 heavy (non-hydrogen) atoms. The predicted molar refractivity (Wildman–Crippen MR) is 89.3 cm³/mol. The Morgan fingerprint density at radius 1 is 1.32 bits per heavy atom. The molecule has 1 aromatic carbocycles. The minimum Gasteiger partial charge on any atom is -0.493 e. The van der Waals surface area contributed by atoms with Crippen LogP contribution in [-0.2, 0) is 11.2 Å². The number of nitrogens with zero attached hydrogens (tertiary/aromatic N) is 1. The normalized spacial score (nSPS) is 15.2. The van der Waals surface area contributed by atoms with Gasteiger partial charge in [0, 0.05) is 32.6 Å². The SMILES string of the molecule is Cc1cc(OCC(C)C)ccc1CCC(=O)N1CCNCC1. The van der Waals surface area contributed by atoms with Gasteiger partial charge >= 0.3 is 0 Å². The molecule has 1 fully saturated rings. The number of nitrogens with one attached hydrogen (secondary N) is 1. The summed E-state index contributed by atoms with van der Waals surface area (Å²) in [4.78, 5) is 14.2. The number of carbonyl (C=O) groups is 1. The van der Waals surface area contributed by atoms with Gasteiger partial charge in [0.2, 0.25) is 5.91 Å². The highest BCUT2D eigenvalue weighted by Gasteiger charge is 2.16. The van der Waals surface area contributed by atoms with Crippen molar-refractivity contribution in [3.8, 4) is 5.75 Å². The second-order valence-corrected chi connectivity index (χ2v) is 6.42. The van der Waals surface area contributed by atoms with Crippen molar-refractivity contribution in [2.24, 2.45) is 5.92 Å². The molecule has 4 heteroatoms. The smallest absolute Gasteiger partial charge is 0.222 e. The molecule has 0 aromatic heterocycles. The average Bonchev–Trinajstić information content (AvgIpc) is 2.52. The summed E-state index contributed by atoms with van der Waals surface area (Å²) < 4.78 is 5.74. The first-order valence-electron chi connectivity index (χ1n) is 8.27. The Morgan fingerprint density at radius 3 is 2.68 bits per heavy atom. The molecule has 1 heterocycles. The van der Waals surface area contributed by atoms with Crippen molar-refractivity contribution >= 4 is 5.91 Å². The van der Waals surface area contributed by atoms with Gasteiger partial charge in [-0.05, 0) is 42.5 Å². The Labute approximate surface area is 133 Å². The van der Waals surface area contributed by atoms with Crippen molar-refractivity contribution in [3.05, 3.63) is 29.3 Å². The number of aryl methyl sites for hydroxylation is 2.